The van der Waals surface area contributed by atoms with Crippen LogP contribution in [-0.2, 0) is 12.8 Å². The first kappa shape index (κ1) is 21.9. The number of nitrogens with zero attached hydrogens (tertiary/aromatic N) is 2. The molecule has 7 heteroatoms. The van der Waals surface area contributed by atoms with Crippen LogP contribution < -0.4 is 10.6 Å². The minimum absolute atomic E-state index is 0.188. The van der Waals surface area contributed by atoms with E-state index in [1.165, 1.54) is 17.5 Å². The van der Waals surface area contributed by atoms with Crippen LogP contribution in [0.2, 0.25) is 0 Å². The maximum Gasteiger partial charge on any atom is 0.268 e. The molecule has 0 unspecified atom stereocenters. The molecule has 2 aromatic heterocycles. The largest absolute Gasteiger partial charge is 0.394 e. The number of aromatic nitrogens is 3. The fraction of sp³-hybridized carbons (Fsp3) is 0.222. The summed E-state index contributed by atoms with van der Waals surface area (Å²) in [6.45, 7) is 1.76. The molecule has 4 N–H and O–H groups in total. The average molecular weight is 454 g/mol. The topological polar surface area (TPSA) is 103 Å². The second kappa shape index (κ2) is 9.49. The molecule has 0 radical (unpaired) electrons. The molecule has 4 aromatic rings. The highest BCUT2D eigenvalue weighted by atomic mass is 16.3. The molecule has 1 atom stereocenters. The number of hydrogen-bond donors (Lipinski definition) is 4. The van der Waals surface area contributed by atoms with Crippen molar-refractivity contribution >= 4 is 17.5 Å². The van der Waals surface area contributed by atoms with Crippen LogP contribution in [0.15, 0.2) is 67.0 Å². The number of aliphatic hydroxyl groups excluding tert-OH is 1. The zero-order chi connectivity index (χ0) is 23.5. The maximum absolute atomic E-state index is 12.8. The van der Waals surface area contributed by atoms with Crippen molar-refractivity contribution in [1.29, 1.82) is 0 Å². The van der Waals surface area contributed by atoms with Crippen molar-refractivity contribution in [3.63, 3.8) is 0 Å². The molecule has 1 aliphatic rings. The van der Waals surface area contributed by atoms with E-state index in [-0.39, 0.29) is 12.5 Å². The third-order valence-electron chi connectivity index (χ3n) is 6.26. The summed E-state index contributed by atoms with van der Waals surface area (Å²) in [4.78, 5) is 25.1. The quantitative estimate of drug-likeness (QED) is 0.331. The summed E-state index contributed by atoms with van der Waals surface area (Å²) < 4.78 is 0. The zero-order valence-electron chi connectivity index (χ0n) is 19.0. The standard InChI is InChI=1S/C27H27N5O2/c1-17-14-29-27(31-22-12-6-10-18-9-5-11-21(18)22)32-25(17)20-13-23(28-15-20)26(34)30-24(16-33)19-7-3-2-4-8-19/h2-4,6-8,10,12-15,24,28,33H,5,9,11,16H2,1H3,(H,30,34)(H,29,31,32)/t24-/m1/s1. The number of anilines is 2. The summed E-state index contributed by atoms with van der Waals surface area (Å²) in [5, 5.41) is 16.0. The molecular formula is C27H27N5O2. The Labute approximate surface area is 198 Å². The summed E-state index contributed by atoms with van der Waals surface area (Å²) in [5.74, 6) is 0.233. The Morgan fingerprint density at radius 1 is 1.15 bits per heavy atom. The van der Waals surface area contributed by atoms with Crippen LogP contribution in [0, 0.1) is 6.92 Å². The van der Waals surface area contributed by atoms with Gasteiger partial charge in [-0.05, 0) is 60.6 Å². The predicted octanol–water partition coefficient (Wildman–Crippen LogP) is 4.48. The first-order valence-electron chi connectivity index (χ1n) is 11.5. The lowest BCUT2D eigenvalue weighted by Gasteiger charge is -2.16. The number of hydrogen-bond acceptors (Lipinski definition) is 5. The van der Waals surface area contributed by atoms with Crippen molar-refractivity contribution in [3.05, 3.63) is 94.9 Å². The molecule has 0 saturated carbocycles. The fourth-order valence-electron chi connectivity index (χ4n) is 4.47. The van der Waals surface area contributed by atoms with E-state index in [0.29, 0.717) is 11.6 Å². The van der Waals surface area contributed by atoms with Crippen molar-refractivity contribution in [2.75, 3.05) is 11.9 Å². The number of H-pyrrole nitrogens is 1. The third-order valence-corrected chi connectivity index (χ3v) is 6.26. The lowest BCUT2D eigenvalue weighted by atomic mass is 10.1. The minimum atomic E-state index is -0.482. The Bertz CT molecular complexity index is 1320. The van der Waals surface area contributed by atoms with Crippen molar-refractivity contribution in [2.45, 2.75) is 32.2 Å². The van der Waals surface area contributed by atoms with Gasteiger partial charge >= 0.3 is 0 Å². The number of carbonyl (C=O) groups excluding carboxylic acids is 1. The van der Waals surface area contributed by atoms with Crippen molar-refractivity contribution < 1.29 is 9.90 Å². The number of fused-ring (bicyclic) bond motifs is 1. The highest BCUT2D eigenvalue weighted by Gasteiger charge is 2.18. The van der Waals surface area contributed by atoms with E-state index >= 15 is 0 Å². The predicted molar refractivity (Wildman–Crippen MR) is 132 cm³/mol. The van der Waals surface area contributed by atoms with Gasteiger partial charge in [0.15, 0.2) is 0 Å². The SMILES string of the molecule is Cc1cnc(Nc2cccc3c2CCC3)nc1-c1c[nH]c(C(=O)N[C@H](CO)c2ccccc2)c1. The van der Waals surface area contributed by atoms with Crippen molar-refractivity contribution in [2.24, 2.45) is 0 Å². The number of nitrogens with one attached hydrogen (secondary N) is 3. The van der Waals surface area contributed by atoms with Crippen LogP contribution in [0.25, 0.3) is 11.3 Å². The average Bonchev–Trinajstić information content (AvgIpc) is 3.55. The van der Waals surface area contributed by atoms with Gasteiger partial charge in [0, 0.05) is 23.6 Å². The zero-order valence-corrected chi connectivity index (χ0v) is 19.0. The second-order valence-corrected chi connectivity index (χ2v) is 8.57. The van der Waals surface area contributed by atoms with Gasteiger partial charge in [0.2, 0.25) is 5.95 Å². The van der Waals surface area contributed by atoms with Gasteiger partial charge in [0.25, 0.3) is 5.91 Å². The molecule has 34 heavy (non-hydrogen) atoms. The molecule has 1 amide bonds. The Morgan fingerprint density at radius 3 is 2.82 bits per heavy atom. The normalized spacial score (nSPS) is 13.4. The van der Waals surface area contributed by atoms with Gasteiger partial charge in [0.05, 0.1) is 18.3 Å². The highest BCUT2D eigenvalue weighted by molar-refractivity contribution is 5.94. The summed E-state index contributed by atoms with van der Waals surface area (Å²) in [7, 11) is 0. The van der Waals surface area contributed by atoms with Gasteiger partial charge in [-0.15, -0.1) is 0 Å². The molecule has 0 saturated heterocycles. The van der Waals surface area contributed by atoms with Crippen molar-refractivity contribution in [1.82, 2.24) is 20.3 Å². The molecule has 0 fully saturated rings. The maximum atomic E-state index is 12.8. The van der Waals surface area contributed by atoms with Crippen LogP contribution >= 0.6 is 0 Å². The van der Waals surface area contributed by atoms with Crippen LogP contribution in [0.1, 0.15) is 45.2 Å². The first-order valence-corrected chi connectivity index (χ1v) is 11.5. The molecule has 1 aliphatic carbocycles. The Kier molecular flexibility index (Phi) is 6.10. The van der Waals surface area contributed by atoms with Gasteiger partial charge in [0.1, 0.15) is 5.69 Å². The number of aryl methyl sites for hydroxylation is 2. The van der Waals surface area contributed by atoms with Crippen LogP contribution in [0.4, 0.5) is 11.6 Å². The van der Waals surface area contributed by atoms with E-state index in [1.54, 1.807) is 18.5 Å². The molecule has 0 spiro atoms. The number of carbonyl (C=O) groups is 1. The molecule has 2 heterocycles. The lowest BCUT2D eigenvalue weighted by Crippen LogP contribution is -2.30. The third kappa shape index (κ3) is 4.43. The molecule has 0 bridgehead atoms. The summed E-state index contributed by atoms with van der Waals surface area (Å²) in [6, 6.07) is 17.0. The second-order valence-electron chi connectivity index (χ2n) is 8.57. The number of aromatic amines is 1. The van der Waals surface area contributed by atoms with Gasteiger partial charge in [-0.3, -0.25) is 4.79 Å². The van der Waals surface area contributed by atoms with Gasteiger partial charge in [-0.2, -0.15) is 0 Å². The molecule has 172 valence electrons. The van der Waals surface area contributed by atoms with E-state index in [0.717, 1.165) is 40.9 Å². The Morgan fingerprint density at radius 2 is 2.00 bits per heavy atom. The summed E-state index contributed by atoms with van der Waals surface area (Å²) in [6.07, 6.45) is 6.90. The van der Waals surface area contributed by atoms with Crippen LogP contribution in [0.3, 0.4) is 0 Å². The monoisotopic (exact) mass is 453 g/mol. The Hall–Kier alpha value is -3.97. The molecule has 5 rings (SSSR count). The van der Waals surface area contributed by atoms with Crippen LogP contribution in [0.5, 0.6) is 0 Å². The van der Waals surface area contributed by atoms with E-state index in [2.05, 4.69) is 38.8 Å². The van der Waals surface area contributed by atoms with E-state index in [9.17, 15) is 9.90 Å². The lowest BCUT2D eigenvalue weighted by molar-refractivity contribution is 0.0912. The molecule has 7 nitrogen and oxygen atoms in total. The fourth-order valence-corrected chi connectivity index (χ4v) is 4.47. The van der Waals surface area contributed by atoms with Gasteiger partial charge in [-0.1, -0.05) is 42.5 Å². The summed E-state index contributed by atoms with van der Waals surface area (Å²) >= 11 is 0. The molecule has 0 aliphatic heterocycles. The number of benzene rings is 2. The summed E-state index contributed by atoms with van der Waals surface area (Å²) in [5.41, 5.74) is 7.48. The minimum Gasteiger partial charge on any atom is -0.394 e. The molecule has 2 aromatic carbocycles. The number of aliphatic hydroxyl groups is 1. The molecular weight excluding hydrogens is 426 g/mol. The highest BCUT2D eigenvalue weighted by Crippen LogP contribution is 2.31. The van der Waals surface area contributed by atoms with Crippen molar-refractivity contribution in [3.8, 4) is 11.3 Å². The number of amides is 1. The van der Waals surface area contributed by atoms with Gasteiger partial charge < -0.3 is 20.7 Å². The van der Waals surface area contributed by atoms with Gasteiger partial charge in [-0.25, -0.2) is 9.97 Å². The smallest absolute Gasteiger partial charge is 0.268 e. The Balaban J connectivity index is 1.35. The van der Waals surface area contributed by atoms with Crippen LogP contribution in [-0.4, -0.2) is 32.6 Å². The van der Waals surface area contributed by atoms with E-state index < -0.39 is 6.04 Å². The van der Waals surface area contributed by atoms with E-state index in [4.69, 9.17) is 4.98 Å². The first-order chi connectivity index (χ1) is 16.6. The number of rotatable bonds is 7. The van der Waals surface area contributed by atoms with E-state index in [1.807, 2.05) is 37.3 Å².